The van der Waals surface area contributed by atoms with Gasteiger partial charge in [-0.15, -0.1) is 0 Å². The fraction of sp³-hybridized carbons (Fsp3) is 0.150. The Balaban J connectivity index is 2.07. The van der Waals surface area contributed by atoms with E-state index in [1.54, 1.807) is 30.2 Å². The summed E-state index contributed by atoms with van der Waals surface area (Å²) >= 11 is 0. The lowest BCUT2D eigenvalue weighted by Gasteiger charge is -2.16. The van der Waals surface area contributed by atoms with Gasteiger partial charge in [0.2, 0.25) is 0 Å². The quantitative estimate of drug-likeness (QED) is 0.566. The second-order valence-corrected chi connectivity index (χ2v) is 5.97. The highest BCUT2D eigenvalue weighted by atomic mass is 16.5. The van der Waals surface area contributed by atoms with Crippen molar-refractivity contribution in [2.24, 2.45) is 0 Å². The largest absolute Gasteiger partial charge is 0.496 e. The molecule has 0 atom stereocenters. The first-order valence-corrected chi connectivity index (χ1v) is 8.21. The molecule has 0 aliphatic heterocycles. The molecule has 0 fully saturated rings. The van der Waals surface area contributed by atoms with Gasteiger partial charge in [-0.05, 0) is 42.6 Å². The molecule has 26 heavy (non-hydrogen) atoms. The lowest BCUT2D eigenvalue weighted by atomic mass is 10.0. The summed E-state index contributed by atoms with van der Waals surface area (Å²) in [5.41, 5.74) is 3.79. The number of aryl methyl sites for hydroxylation is 1. The van der Waals surface area contributed by atoms with Crippen LogP contribution in [0.25, 0.3) is 22.0 Å². The number of benzene rings is 1. The van der Waals surface area contributed by atoms with Gasteiger partial charge in [-0.25, -0.2) is 0 Å². The first-order chi connectivity index (χ1) is 12.7. The highest BCUT2D eigenvalue weighted by molar-refractivity contribution is 5.97. The van der Waals surface area contributed by atoms with E-state index in [0.717, 1.165) is 33.4 Å². The van der Waals surface area contributed by atoms with Crippen LogP contribution in [0.2, 0.25) is 0 Å². The van der Waals surface area contributed by atoms with Crippen LogP contribution >= 0.6 is 0 Å². The number of hydrogen-bond acceptors (Lipinski definition) is 5. The van der Waals surface area contributed by atoms with Crippen molar-refractivity contribution in [2.45, 2.75) is 13.5 Å². The first-order valence-electron chi connectivity index (χ1n) is 8.21. The van der Waals surface area contributed by atoms with E-state index in [4.69, 9.17) is 9.26 Å². The smallest absolute Gasteiger partial charge is 0.251 e. The van der Waals surface area contributed by atoms with Crippen LogP contribution in [0.5, 0.6) is 5.75 Å². The van der Waals surface area contributed by atoms with Crippen LogP contribution in [0.15, 0.2) is 64.2 Å². The van der Waals surface area contributed by atoms with Crippen molar-refractivity contribution in [3.8, 4) is 16.9 Å². The summed E-state index contributed by atoms with van der Waals surface area (Å²) in [4.78, 5) is 17.1. The Morgan fingerprint density at radius 2 is 2.00 bits per heavy atom. The minimum absolute atomic E-state index is 0.105. The number of fused-ring (bicyclic) bond motifs is 1. The fourth-order valence-electron chi connectivity index (χ4n) is 3.15. The monoisotopic (exact) mass is 347 g/mol. The Kier molecular flexibility index (Phi) is 4.01. The standard InChI is InChI=1S/C20H17N3O3/c1-13-16(12-26-22-13)19-17(25-2)8-6-14-7-9-18(24)23(20(14)19)11-15-5-3-4-10-21-15/h3-10,12H,11H2,1-2H3. The average molecular weight is 347 g/mol. The van der Waals surface area contributed by atoms with Gasteiger partial charge in [0.25, 0.3) is 5.56 Å². The maximum Gasteiger partial charge on any atom is 0.251 e. The summed E-state index contributed by atoms with van der Waals surface area (Å²) in [6.45, 7) is 2.22. The fourth-order valence-corrected chi connectivity index (χ4v) is 3.15. The summed E-state index contributed by atoms with van der Waals surface area (Å²) < 4.78 is 12.4. The predicted molar refractivity (Wildman–Crippen MR) is 98.3 cm³/mol. The molecule has 3 aromatic heterocycles. The Bertz CT molecular complexity index is 1130. The first kappa shape index (κ1) is 16.1. The van der Waals surface area contributed by atoms with Crippen molar-refractivity contribution in [1.82, 2.24) is 14.7 Å². The van der Waals surface area contributed by atoms with Crippen molar-refractivity contribution in [1.29, 1.82) is 0 Å². The van der Waals surface area contributed by atoms with Crippen molar-refractivity contribution in [2.75, 3.05) is 7.11 Å². The molecule has 0 spiro atoms. The van der Waals surface area contributed by atoms with Crippen molar-refractivity contribution in [3.63, 3.8) is 0 Å². The molecule has 0 N–H and O–H groups in total. The molecule has 0 saturated carbocycles. The van der Waals surface area contributed by atoms with Crippen molar-refractivity contribution >= 4 is 10.9 Å². The predicted octanol–water partition coefficient (Wildman–Crippen LogP) is 3.42. The topological polar surface area (TPSA) is 70.2 Å². The number of rotatable bonds is 4. The molecular formula is C20H17N3O3. The third-order valence-electron chi connectivity index (χ3n) is 4.40. The maximum atomic E-state index is 12.7. The van der Waals surface area contributed by atoms with Crippen molar-refractivity contribution < 1.29 is 9.26 Å². The average Bonchev–Trinajstić information content (AvgIpc) is 3.09. The molecule has 1 aromatic carbocycles. The SMILES string of the molecule is COc1ccc2ccc(=O)n(Cc3ccccn3)c2c1-c1conc1C. The van der Waals surface area contributed by atoms with Gasteiger partial charge in [-0.2, -0.15) is 0 Å². The van der Waals surface area contributed by atoms with Gasteiger partial charge in [0, 0.05) is 12.3 Å². The molecule has 0 unspecified atom stereocenters. The zero-order valence-corrected chi connectivity index (χ0v) is 14.5. The molecule has 4 rings (SSSR count). The minimum Gasteiger partial charge on any atom is -0.496 e. The second-order valence-electron chi connectivity index (χ2n) is 5.97. The van der Waals surface area contributed by atoms with Crippen LogP contribution in [0.4, 0.5) is 0 Å². The summed E-state index contributed by atoms with van der Waals surface area (Å²) in [6, 6.07) is 12.9. The Labute approximate surface area is 149 Å². The summed E-state index contributed by atoms with van der Waals surface area (Å²) in [5.74, 6) is 0.657. The maximum absolute atomic E-state index is 12.7. The highest BCUT2D eigenvalue weighted by Gasteiger charge is 2.19. The zero-order chi connectivity index (χ0) is 18.1. The van der Waals surface area contributed by atoms with Gasteiger partial charge in [0.1, 0.15) is 12.0 Å². The summed E-state index contributed by atoms with van der Waals surface area (Å²) in [5, 5.41) is 4.91. The van der Waals surface area contributed by atoms with Gasteiger partial charge in [-0.3, -0.25) is 9.78 Å². The third kappa shape index (κ3) is 2.65. The van der Waals surface area contributed by atoms with Crippen LogP contribution in [0, 0.1) is 6.92 Å². The van der Waals surface area contributed by atoms with E-state index >= 15 is 0 Å². The van der Waals surface area contributed by atoms with E-state index in [1.165, 1.54) is 0 Å². The number of nitrogens with zero attached hydrogens (tertiary/aromatic N) is 3. The molecule has 0 amide bonds. The molecule has 0 radical (unpaired) electrons. The number of aromatic nitrogens is 3. The molecule has 0 aliphatic rings. The summed E-state index contributed by atoms with van der Waals surface area (Å²) in [7, 11) is 1.61. The van der Waals surface area contributed by atoms with E-state index in [2.05, 4.69) is 10.1 Å². The van der Waals surface area contributed by atoms with E-state index in [0.29, 0.717) is 12.3 Å². The Hall–Kier alpha value is -3.41. The minimum atomic E-state index is -0.105. The summed E-state index contributed by atoms with van der Waals surface area (Å²) in [6.07, 6.45) is 3.30. The molecule has 3 heterocycles. The molecule has 0 aliphatic carbocycles. The molecule has 4 aromatic rings. The lowest BCUT2D eigenvalue weighted by Crippen LogP contribution is -2.21. The molecule has 130 valence electrons. The molecular weight excluding hydrogens is 330 g/mol. The van der Waals surface area contributed by atoms with Crippen LogP contribution < -0.4 is 10.3 Å². The number of hydrogen-bond donors (Lipinski definition) is 0. The van der Waals surface area contributed by atoms with Crippen LogP contribution in [0.3, 0.4) is 0 Å². The number of ether oxygens (including phenoxy) is 1. The van der Waals surface area contributed by atoms with Gasteiger partial charge < -0.3 is 13.8 Å². The van der Waals surface area contributed by atoms with E-state index in [-0.39, 0.29) is 5.56 Å². The van der Waals surface area contributed by atoms with Crippen LogP contribution in [-0.4, -0.2) is 21.8 Å². The van der Waals surface area contributed by atoms with Crippen LogP contribution in [0.1, 0.15) is 11.4 Å². The van der Waals surface area contributed by atoms with E-state index in [1.807, 2.05) is 43.3 Å². The third-order valence-corrected chi connectivity index (χ3v) is 4.40. The van der Waals surface area contributed by atoms with Crippen molar-refractivity contribution in [3.05, 3.63) is 76.7 Å². The highest BCUT2D eigenvalue weighted by Crippen LogP contribution is 2.38. The zero-order valence-electron chi connectivity index (χ0n) is 14.5. The Morgan fingerprint density at radius 3 is 2.69 bits per heavy atom. The number of pyridine rings is 2. The lowest BCUT2D eigenvalue weighted by molar-refractivity contribution is 0.413. The van der Waals surface area contributed by atoms with E-state index < -0.39 is 0 Å². The molecule has 0 bridgehead atoms. The number of methoxy groups -OCH3 is 1. The Morgan fingerprint density at radius 1 is 1.15 bits per heavy atom. The molecule has 6 heteroatoms. The normalized spacial score (nSPS) is 11.0. The van der Waals surface area contributed by atoms with Gasteiger partial charge in [0.15, 0.2) is 0 Å². The van der Waals surface area contributed by atoms with Gasteiger partial charge in [-0.1, -0.05) is 11.2 Å². The van der Waals surface area contributed by atoms with E-state index in [9.17, 15) is 4.79 Å². The second kappa shape index (κ2) is 6.48. The molecule has 6 nitrogen and oxygen atoms in total. The van der Waals surface area contributed by atoms with Gasteiger partial charge >= 0.3 is 0 Å². The molecule has 0 saturated heterocycles. The van der Waals surface area contributed by atoms with Gasteiger partial charge in [0.05, 0.1) is 41.7 Å². The van der Waals surface area contributed by atoms with Crippen LogP contribution in [-0.2, 0) is 6.54 Å².